The van der Waals surface area contributed by atoms with Gasteiger partial charge < -0.3 is 5.32 Å². The van der Waals surface area contributed by atoms with Gasteiger partial charge >= 0.3 is 0 Å². The lowest BCUT2D eigenvalue weighted by Gasteiger charge is -2.13. The van der Waals surface area contributed by atoms with E-state index in [1.165, 1.54) is 10.0 Å². The number of benzene rings is 1. The van der Waals surface area contributed by atoms with Crippen LogP contribution in [0.25, 0.3) is 0 Å². The smallest absolute Gasteiger partial charge is 0.0302 e. The molecule has 0 spiro atoms. The van der Waals surface area contributed by atoms with Crippen LogP contribution in [0.3, 0.4) is 0 Å². The van der Waals surface area contributed by atoms with Gasteiger partial charge in [-0.25, -0.2) is 0 Å². The molecule has 1 aromatic rings. The summed E-state index contributed by atoms with van der Waals surface area (Å²) in [5.74, 6) is 0. The summed E-state index contributed by atoms with van der Waals surface area (Å²) in [5, 5.41) is 3.37. The zero-order chi connectivity index (χ0) is 8.97. The lowest BCUT2D eigenvalue weighted by Crippen LogP contribution is -2.17. The average molecular weight is 228 g/mol. The van der Waals surface area contributed by atoms with Crippen molar-refractivity contribution in [3.8, 4) is 0 Å². The van der Waals surface area contributed by atoms with Crippen molar-refractivity contribution in [2.24, 2.45) is 0 Å². The van der Waals surface area contributed by atoms with Crippen LogP contribution in [-0.2, 0) is 0 Å². The van der Waals surface area contributed by atoms with Crippen molar-refractivity contribution in [3.63, 3.8) is 0 Å². The molecule has 0 saturated heterocycles. The van der Waals surface area contributed by atoms with Crippen molar-refractivity contribution < 1.29 is 0 Å². The second-order valence-corrected chi connectivity index (χ2v) is 3.66. The standard InChI is InChI=1S/C10H14BrN/c1-3-12-8(2)9-6-4-5-7-10(9)11/h4-8,12H,3H2,1-2H3/t8-/m1/s1. The molecule has 1 nitrogen and oxygen atoms in total. The van der Waals surface area contributed by atoms with Crippen LogP contribution in [0.5, 0.6) is 0 Å². The Morgan fingerprint density at radius 2 is 2.08 bits per heavy atom. The van der Waals surface area contributed by atoms with Crippen molar-refractivity contribution in [2.75, 3.05) is 6.54 Å². The molecular formula is C10H14BrN. The quantitative estimate of drug-likeness (QED) is 0.838. The van der Waals surface area contributed by atoms with Gasteiger partial charge in [0.05, 0.1) is 0 Å². The van der Waals surface area contributed by atoms with E-state index in [1.807, 2.05) is 6.07 Å². The lowest BCUT2D eigenvalue weighted by molar-refractivity contribution is 0.596. The van der Waals surface area contributed by atoms with E-state index in [9.17, 15) is 0 Å². The SMILES string of the molecule is CCN[C@H](C)c1ccccc1Br. The number of hydrogen-bond acceptors (Lipinski definition) is 1. The van der Waals surface area contributed by atoms with E-state index >= 15 is 0 Å². The van der Waals surface area contributed by atoms with Gasteiger partial charge in [-0.05, 0) is 25.1 Å². The largest absolute Gasteiger partial charge is 0.310 e. The van der Waals surface area contributed by atoms with Crippen molar-refractivity contribution in [1.82, 2.24) is 5.32 Å². The van der Waals surface area contributed by atoms with E-state index in [0.717, 1.165) is 6.54 Å². The number of rotatable bonds is 3. The first-order valence-electron chi connectivity index (χ1n) is 4.23. The first-order valence-corrected chi connectivity index (χ1v) is 5.02. The summed E-state index contributed by atoms with van der Waals surface area (Å²) in [5.41, 5.74) is 1.32. The van der Waals surface area contributed by atoms with Gasteiger partial charge in [-0.3, -0.25) is 0 Å². The minimum Gasteiger partial charge on any atom is -0.310 e. The Morgan fingerprint density at radius 3 is 2.67 bits per heavy atom. The molecule has 66 valence electrons. The van der Waals surface area contributed by atoms with Gasteiger partial charge in [0.15, 0.2) is 0 Å². The first kappa shape index (κ1) is 9.75. The predicted octanol–water partition coefficient (Wildman–Crippen LogP) is 3.12. The highest BCUT2D eigenvalue weighted by Crippen LogP contribution is 2.22. The molecule has 1 atom stereocenters. The summed E-state index contributed by atoms with van der Waals surface area (Å²) in [6.45, 7) is 5.29. The molecular weight excluding hydrogens is 214 g/mol. The Hall–Kier alpha value is -0.340. The molecule has 2 heteroatoms. The topological polar surface area (TPSA) is 12.0 Å². The molecule has 0 amide bonds. The van der Waals surface area contributed by atoms with E-state index in [-0.39, 0.29) is 0 Å². The Morgan fingerprint density at radius 1 is 1.42 bits per heavy atom. The number of hydrogen-bond donors (Lipinski definition) is 1. The molecule has 1 aromatic carbocycles. The molecule has 0 fully saturated rings. The fourth-order valence-corrected chi connectivity index (χ4v) is 1.87. The predicted molar refractivity (Wildman–Crippen MR) is 56.2 cm³/mol. The van der Waals surface area contributed by atoms with E-state index in [4.69, 9.17) is 0 Å². The van der Waals surface area contributed by atoms with Gasteiger partial charge in [0.1, 0.15) is 0 Å². The Kier molecular flexibility index (Phi) is 3.76. The molecule has 0 bridgehead atoms. The summed E-state index contributed by atoms with van der Waals surface area (Å²) < 4.78 is 1.18. The van der Waals surface area contributed by atoms with E-state index < -0.39 is 0 Å². The minimum atomic E-state index is 0.422. The maximum atomic E-state index is 3.53. The second kappa shape index (κ2) is 4.63. The summed E-state index contributed by atoms with van der Waals surface area (Å²) in [6.07, 6.45) is 0. The van der Waals surface area contributed by atoms with Crippen LogP contribution in [0.4, 0.5) is 0 Å². The average Bonchev–Trinajstić information content (AvgIpc) is 2.05. The summed E-state index contributed by atoms with van der Waals surface area (Å²) in [6, 6.07) is 8.73. The normalized spacial score (nSPS) is 12.9. The highest BCUT2D eigenvalue weighted by atomic mass is 79.9. The molecule has 0 aromatic heterocycles. The molecule has 0 radical (unpaired) electrons. The number of nitrogens with one attached hydrogen (secondary N) is 1. The van der Waals surface area contributed by atoms with Crippen molar-refractivity contribution in [1.29, 1.82) is 0 Å². The second-order valence-electron chi connectivity index (χ2n) is 2.80. The molecule has 1 rings (SSSR count). The van der Waals surface area contributed by atoms with Gasteiger partial charge in [-0.15, -0.1) is 0 Å². The fraction of sp³-hybridized carbons (Fsp3) is 0.400. The van der Waals surface area contributed by atoms with Crippen LogP contribution in [0.1, 0.15) is 25.5 Å². The zero-order valence-electron chi connectivity index (χ0n) is 7.47. The molecule has 0 unspecified atom stereocenters. The van der Waals surface area contributed by atoms with Crippen LogP contribution in [0.15, 0.2) is 28.7 Å². The maximum Gasteiger partial charge on any atom is 0.0302 e. The number of halogens is 1. The molecule has 0 heterocycles. The van der Waals surface area contributed by atoms with Gasteiger partial charge in [0.2, 0.25) is 0 Å². The van der Waals surface area contributed by atoms with Crippen LogP contribution in [0, 0.1) is 0 Å². The Bertz CT molecular complexity index is 247. The summed E-state index contributed by atoms with van der Waals surface area (Å²) in [7, 11) is 0. The third-order valence-electron chi connectivity index (χ3n) is 1.88. The van der Waals surface area contributed by atoms with E-state index in [2.05, 4.69) is 53.3 Å². The Labute approximate surface area is 82.3 Å². The van der Waals surface area contributed by atoms with Crippen LogP contribution < -0.4 is 5.32 Å². The van der Waals surface area contributed by atoms with E-state index in [0.29, 0.717) is 6.04 Å². The molecule has 0 aliphatic rings. The van der Waals surface area contributed by atoms with Crippen LogP contribution >= 0.6 is 15.9 Å². The Balaban J connectivity index is 2.79. The molecule has 0 aliphatic heterocycles. The van der Waals surface area contributed by atoms with Crippen molar-refractivity contribution >= 4 is 15.9 Å². The fourth-order valence-electron chi connectivity index (χ4n) is 1.24. The van der Waals surface area contributed by atoms with Crippen molar-refractivity contribution in [2.45, 2.75) is 19.9 Å². The third kappa shape index (κ3) is 2.32. The van der Waals surface area contributed by atoms with Gasteiger partial charge in [0, 0.05) is 10.5 Å². The lowest BCUT2D eigenvalue weighted by atomic mass is 10.1. The highest BCUT2D eigenvalue weighted by molar-refractivity contribution is 9.10. The summed E-state index contributed by atoms with van der Waals surface area (Å²) >= 11 is 3.53. The van der Waals surface area contributed by atoms with Crippen LogP contribution in [-0.4, -0.2) is 6.54 Å². The van der Waals surface area contributed by atoms with Gasteiger partial charge in [0.25, 0.3) is 0 Å². The van der Waals surface area contributed by atoms with Crippen molar-refractivity contribution in [3.05, 3.63) is 34.3 Å². The van der Waals surface area contributed by atoms with Gasteiger partial charge in [-0.2, -0.15) is 0 Å². The monoisotopic (exact) mass is 227 g/mol. The molecule has 0 aliphatic carbocycles. The first-order chi connectivity index (χ1) is 5.75. The molecule has 12 heavy (non-hydrogen) atoms. The molecule has 0 saturated carbocycles. The third-order valence-corrected chi connectivity index (χ3v) is 2.60. The van der Waals surface area contributed by atoms with Crippen LogP contribution in [0.2, 0.25) is 0 Å². The highest BCUT2D eigenvalue weighted by Gasteiger charge is 2.05. The molecule has 1 N–H and O–H groups in total. The summed E-state index contributed by atoms with van der Waals surface area (Å²) in [4.78, 5) is 0. The van der Waals surface area contributed by atoms with Gasteiger partial charge in [-0.1, -0.05) is 41.1 Å². The van der Waals surface area contributed by atoms with E-state index in [1.54, 1.807) is 0 Å². The minimum absolute atomic E-state index is 0.422. The maximum absolute atomic E-state index is 3.53. The zero-order valence-corrected chi connectivity index (χ0v) is 9.06.